The minimum absolute atomic E-state index is 0.0794. The van der Waals surface area contributed by atoms with E-state index in [4.69, 9.17) is 11.6 Å². The Morgan fingerprint density at radius 1 is 1.22 bits per heavy atom. The molecule has 0 radical (unpaired) electrons. The molecular formula is C19H29ClN3O3S+. The number of halogens is 1. The van der Waals surface area contributed by atoms with E-state index in [1.807, 2.05) is 0 Å². The molecular weight excluding hydrogens is 386 g/mol. The van der Waals surface area contributed by atoms with Crippen molar-refractivity contribution in [3.8, 4) is 0 Å². The van der Waals surface area contributed by atoms with Crippen LogP contribution in [-0.2, 0) is 14.8 Å². The van der Waals surface area contributed by atoms with Gasteiger partial charge in [-0.25, -0.2) is 8.42 Å². The topological polar surface area (TPSA) is 70.9 Å². The molecule has 0 bridgehead atoms. The zero-order valence-corrected chi connectivity index (χ0v) is 17.4. The lowest BCUT2D eigenvalue weighted by molar-refractivity contribution is -0.895. The van der Waals surface area contributed by atoms with Crippen molar-refractivity contribution in [1.29, 1.82) is 0 Å². The molecule has 0 spiro atoms. The maximum Gasteiger partial charge on any atom is 0.275 e. The van der Waals surface area contributed by atoms with E-state index in [0.29, 0.717) is 43.8 Å². The van der Waals surface area contributed by atoms with E-state index in [-0.39, 0.29) is 10.8 Å². The van der Waals surface area contributed by atoms with Gasteiger partial charge >= 0.3 is 0 Å². The number of carbonyl (C=O) groups is 1. The summed E-state index contributed by atoms with van der Waals surface area (Å²) >= 11 is 5.93. The van der Waals surface area contributed by atoms with Crippen LogP contribution in [0, 0.1) is 5.92 Å². The van der Waals surface area contributed by atoms with E-state index < -0.39 is 10.0 Å². The van der Waals surface area contributed by atoms with Crippen LogP contribution >= 0.6 is 11.6 Å². The van der Waals surface area contributed by atoms with Gasteiger partial charge in [0.25, 0.3) is 5.91 Å². The smallest absolute Gasteiger partial charge is 0.275 e. The van der Waals surface area contributed by atoms with E-state index in [1.165, 1.54) is 23.2 Å². The highest BCUT2D eigenvalue weighted by Gasteiger charge is 2.31. The molecule has 3 rings (SSSR count). The Morgan fingerprint density at radius 3 is 2.52 bits per heavy atom. The van der Waals surface area contributed by atoms with Crippen molar-refractivity contribution in [1.82, 2.24) is 9.62 Å². The summed E-state index contributed by atoms with van der Waals surface area (Å²) in [7, 11) is -3.53. The van der Waals surface area contributed by atoms with Crippen molar-refractivity contribution in [3.63, 3.8) is 0 Å². The van der Waals surface area contributed by atoms with Crippen LogP contribution in [0.3, 0.4) is 0 Å². The van der Waals surface area contributed by atoms with Gasteiger partial charge in [0.05, 0.1) is 31.1 Å². The third-order valence-corrected chi connectivity index (χ3v) is 7.78. The van der Waals surface area contributed by atoms with Crippen LogP contribution in [0.4, 0.5) is 0 Å². The highest BCUT2D eigenvalue weighted by atomic mass is 35.5. The van der Waals surface area contributed by atoms with Gasteiger partial charge in [-0.2, -0.15) is 4.31 Å². The fourth-order valence-corrected chi connectivity index (χ4v) is 5.65. The van der Waals surface area contributed by atoms with E-state index in [0.717, 1.165) is 23.7 Å². The highest BCUT2D eigenvalue weighted by molar-refractivity contribution is 7.89. The molecule has 0 atom stereocenters. The van der Waals surface area contributed by atoms with Gasteiger partial charge in [-0.15, -0.1) is 0 Å². The summed E-state index contributed by atoms with van der Waals surface area (Å²) in [5.41, 5.74) is 0. The van der Waals surface area contributed by atoms with Gasteiger partial charge in [0.1, 0.15) is 0 Å². The minimum atomic E-state index is -3.53. The lowest BCUT2D eigenvalue weighted by Crippen LogP contribution is -3.15. The zero-order chi connectivity index (χ0) is 19.4. The number of nitrogens with one attached hydrogen (secondary N) is 2. The van der Waals surface area contributed by atoms with Gasteiger partial charge in [0.2, 0.25) is 10.0 Å². The Bertz CT molecular complexity index is 755. The number of benzene rings is 1. The van der Waals surface area contributed by atoms with Gasteiger partial charge in [0, 0.05) is 11.1 Å². The number of amides is 1. The molecule has 2 aliphatic rings. The number of quaternary nitrogens is 1. The summed E-state index contributed by atoms with van der Waals surface area (Å²) in [6.45, 7) is 4.77. The number of hydrogen-bond donors (Lipinski definition) is 2. The van der Waals surface area contributed by atoms with Gasteiger partial charge in [-0.3, -0.25) is 4.79 Å². The summed E-state index contributed by atoms with van der Waals surface area (Å²) in [4.78, 5) is 13.7. The van der Waals surface area contributed by atoms with Crippen molar-refractivity contribution >= 4 is 27.5 Å². The number of sulfonamides is 1. The molecule has 150 valence electrons. The van der Waals surface area contributed by atoms with Crippen molar-refractivity contribution < 1.29 is 18.1 Å². The molecule has 1 heterocycles. The average Bonchev–Trinajstić information content (AvgIpc) is 2.64. The Kier molecular flexibility index (Phi) is 6.78. The molecule has 1 aliphatic carbocycles. The Morgan fingerprint density at radius 2 is 1.89 bits per heavy atom. The number of carbonyl (C=O) groups excluding carboxylic acids is 1. The second-order valence-corrected chi connectivity index (χ2v) is 10.2. The van der Waals surface area contributed by atoms with Gasteiger partial charge in [-0.1, -0.05) is 24.6 Å². The first-order valence-corrected chi connectivity index (χ1v) is 11.5. The van der Waals surface area contributed by atoms with Gasteiger partial charge < -0.3 is 10.2 Å². The first-order chi connectivity index (χ1) is 12.8. The largest absolute Gasteiger partial charge is 0.348 e. The summed E-state index contributed by atoms with van der Waals surface area (Å²) in [6.07, 6.45) is 4.48. The lowest BCUT2D eigenvalue weighted by Gasteiger charge is -2.32. The molecule has 1 aliphatic heterocycles. The van der Waals surface area contributed by atoms with Gasteiger partial charge in [0.15, 0.2) is 6.54 Å². The van der Waals surface area contributed by atoms with Crippen LogP contribution in [0.15, 0.2) is 29.2 Å². The van der Waals surface area contributed by atoms with Crippen molar-refractivity contribution in [2.24, 2.45) is 5.92 Å². The molecule has 2 N–H and O–H groups in total. The molecule has 1 amide bonds. The van der Waals surface area contributed by atoms with E-state index in [1.54, 1.807) is 18.2 Å². The minimum Gasteiger partial charge on any atom is -0.348 e. The van der Waals surface area contributed by atoms with Crippen LogP contribution in [0.25, 0.3) is 0 Å². The second kappa shape index (κ2) is 8.90. The average molecular weight is 415 g/mol. The van der Waals surface area contributed by atoms with Crippen molar-refractivity contribution in [2.75, 3.05) is 32.7 Å². The third-order valence-electron chi connectivity index (χ3n) is 5.65. The predicted molar refractivity (Wildman–Crippen MR) is 105 cm³/mol. The molecule has 0 unspecified atom stereocenters. The standard InChI is InChI=1S/C19H28ClN3O3S/c1-15-5-7-17(8-6-15)21-19(24)14-22-9-11-23(12-10-22)27(25,26)18-4-2-3-16(20)13-18/h2-4,13,15,17H,5-12,14H2,1H3,(H,21,24)/p+1. The Hall–Kier alpha value is -1.15. The first kappa shape index (κ1) is 20.6. The second-order valence-electron chi connectivity index (χ2n) is 7.81. The molecule has 27 heavy (non-hydrogen) atoms. The SMILES string of the molecule is CC1CCC(NC(=O)C[NH+]2CCN(S(=O)(=O)c3cccc(Cl)c3)CC2)CC1. The maximum atomic E-state index is 12.7. The monoisotopic (exact) mass is 414 g/mol. The molecule has 1 aromatic carbocycles. The van der Waals surface area contributed by atoms with Crippen LogP contribution in [0.2, 0.25) is 5.02 Å². The number of piperazine rings is 1. The van der Waals surface area contributed by atoms with Crippen LogP contribution in [0.5, 0.6) is 0 Å². The molecule has 1 saturated carbocycles. The third kappa shape index (κ3) is 5.44. The normalized spacial score (nSPS) is 25.3. The molecule has 8 heteroatoms. The van der Waals surface area contributed by atoms with Crippen molar-refractivity contribution in [3.05, 3.63) is 29.3 Å². The summed E-state index contributed by atoms with van der Waals surface area (Å²) in [5.74, 6) is 0.842. The summed E-state index contributed by atoms with van der Waals surface area (Å²) < 4.78 is 27.0. The molecule has 1 saturated heterocycles. The molecule has 6 nitrogen and oxygen atoms in total. The number of hydrogen-bond acceptors (Lipinski definition) is 3. The Labute approximate surface area is 166 Å². The van der Waals surface area contributed by atoms with Crippen LogP contribution < -0.4 is 10.2 Å². The van der Waals surface area contributed by atoms with Crippen LogP contribution in [-0.4, -0.2) is 57.4 Å². The molecule has 0 aromatic heterocycles. The van der Waals surface area contributed by atoms with E-state index in [9.17, 15) is 13.2 Å². The lowest BCUT2D eigenvalue weighted by atomic mass is 9.87. The number of rotatable bonds is 5. The van der Waals surface area contributed by atoms with Crippen LogP contribution in [0.1, 0.15) is 32.6 Å². The van der Waals surface area contributed by atoms with Gasteiger partial charge in [-0.05, 0) is 49.8 Å². The first-order valence-electron chi connectivity index (χ1n) is 9.73. The quantitative estimate of drug-likeness (QED) is 0.752. The van der Waals surface area contributed by atoms with E-state index in [2.05, 4.69) is 12.2 Å². The number of nitrogens with zero attached hydrogens (tertiary/aromatic N) is 1. The zero-order valence-electron chi connectivity index (χ0n) is 15.8. The molecule has 1 aromatic rings. The van der Waals surface area contributed by atoms with E-state index >= 15 is 0 Å². The Balaban J connectivity index is 1.48. The van der Waals surface area contributed by atoms with Crippen molar-refractivity contribution in [2.45, 2.75) is 43.5 Å². The maximum absolute atomic E-state index is 12.7. The fourth-order valence-electron chi connectivity index (χ4n) is 3.91. The predicted octanol–water partition coefficient (Wildman–Crippen LogP) is 0.924. The molecule has 2 fully saturated rings. The fraction of sp³-hybridized carbons (Fsp3) is 0.632. The highest BCUT2D eigenvalue weighted by Crippen LogP contribution is 2.23. The summed E-state index contributed by atoms with van der Waals surface area (Å²) in [5, 5.41) is 3.57. The summed E-state index contributed by atoms with van der Waals surface area (Å²) in [6, 6.07) is 6.66.